The van der Waals surface area contributed by atoms with Gasteiger partial charge in [-0.1, -0.05) is 0 Å². The average Bonchev–Trinajstić information content (AvgIpc) is 2.13. The molecule has 0 atom stereocenters. The summed E-state index contributed by atoms with van der Waals surface area (Å²) in [5, 5.41) is 10.2. The van der Waals surface area contributed by atoms with E-state index in [2.05, 4.69) is 0 Å². The summed E-state index contributed by atoms with van der Waals surface area (Å²) in [6, 6.07) is -0.562. The van der Waals surface area contributed by atoms with Crippen LogP contribution in [0.15, 0.2) is 12.2 Å². The molecule has 2 N–H and O–H groups in total. The number of urea groups is 1. The van der Waals surface area contributed by atoms with Gasteiger partial charge >= 0.3 is 12.0 Å². The molecule has 14 heavy (non-hydrogen) atoms. The molecule has 78 valence electrons. The smallest absolute Gasteiger partial charge is 0.328 e. The fourth-order valence-electron chi connectivity index (χ4n) is 0.533. The van der Waals surface area contributed by atoms with Crippen LogP contribution in [0.4, 0.5) is 4.79 Å². The van der Waals surface area contributed by atoms with Crippen molar-refractivity contribution < 1.29 is 19.5 Å². The Bertz CT molecular complexity index is 273. The maximum atomic E-state index is 11.0. The lowest BCUT2D eigenvalue weighted by molar-refractivity contribution is -0.131. The third kappa shape index (κ3) is 4.91. The number of rotatable bonds is 3. The highest BCUT2D eigenvalue weighted by Gasteiger charge is 2.08. The molecule has 0 aliphatic rings. The standard InChI is InChI=1S/C8H12N2O4/c1-3-10(2)8(14)9-6(11)4-5-7(12)13/h4-5H,3H2,1-2H3,(H,12,13)(H,9,11,14)/b5-4+. The molecule has 0 aromatic rings. The SMILES string of the molecule is CCN(C)C(=O)NC(=O)/C=C/C(=O)O. The van der Waals surface area contributed by atoms with Gasteiger partial charge in [-0.3, -0.25) is 10.1 Å². The second kappa shape index (κ2) is 5.74. The number of nitrogens with zero attached hydrogens (tertiary/aromatic N) is 1. The Morgan fingerprint density at radius 3 is 2.36 bits per heavy atom. The second-order valence-electron chi connectivity index (χ2n) is 2.48. The number of hydrogen-bond acceptors (Lipinski definition) is 3. The molecule has 0 saturated heterocycles. The van der Waals surface area contributed by atoms with Crippen molar-refractivity contribution in [1.29, 1.82) is 0 Å². The predicted molar refractivity (Wildman–Crippen MR) is 48.6 cm³/mol. The lowest BCUT2D eigenvalue weighted by atomic mass is 10.4. The van der Waals surface area contributed by atoms with Gasteiger partial charge in [0.05, 0.1) is 0 Å². The van der Waals surface area contributed by atoms with E-state index in [0.29, 0.717) is 12.6 Å². The molecule has 6 nitrogen and oxygen atoms in total. The van der Waals surface area contributed by atoms with Crippen LogP contribution in [0.3, 0.4) is 0 Å². The van der Waals surface area contributed by atoms with E-state index in [0.717, 1.165) is 6.08 Å². The van der Waals surface area contributed by atoms with Crippen molar-refractivity contribution in [1.82, 2.24) is 10.2 Å². The first-order valence-electron chi connectivity index (χ1n) is 3.94. The Morgan fingerprint density at radius 2 is 1.93 bits per heavy atom. The summed E-state index contributed by atoms with van der Waals surface area (Å²) in [7, 11) is 1.52. The van der Waals surface area contributed by atoms with Gasteiger partial charge in [0.15, 0.2) is 0 Å². The van der Waals surface area contributed by atoms with E-state index >= 15 is 0 Å². The molecule has 0 bridgehead atoms. The quantitative estimate of drug-likeness (QED) is 0.618. The summed E-state index contributed by atoms with van der Waals surface area (Å²) >= 11 is 0. The minimum Gasteiger partial charge on any atom is -0.478 e. The molecular weight excluding hydrogens is 188 g/mol. The molecule has 0 rings (SSSR count). The Labute approximate surface area is 81.2 Å². The van der Waals surface area contributed by atoms with Crippen molar-refractivity contribution in [2.75, 3.05) is 13.6 Å². The van der Waals surface area contributed by atoms with E-state index in [9.17, 15) is 14.4 Å². The van der Waals surface area contributed by atoms with Crippen LogP contribution in [-0.4, -0.2) is 41.5 Å². The normalized spacial score (nSPS) is 9.86. The van der Waals surface area contributed by atoms with Crippen LogP contribution in [0.2, 0.25) is 0 Å². The van der Waals surface area contributed by atoms with E-state index in [1.165, 1.54) is 11.9 Å². The number of carbonyl (C=O) groups excluding carboxylic acids is 2. The summed E-state index contributed by atoms with van der Waals surface area (Å²) in [6.45, 7) is 2.21. The van der Waals surface area contributed by atoms with Gasteiger partial charge < -0.3 is 10.0 Å². The van der Waals surface area contributed by atoms with Crippen LogP contribution in [0.25, 0.3) is 0 Å². The number of aliphatic carboxylic acids is 1. The first kappa shape index (κ1) is 12.2. The molecule has 0 aromatic heterocycles. The van der Waals surface area contributed by atoms with Crippen molar-refractivity contribution >= 4 is 17.9 Å². The number of nitrogens with one attached hydrogen (secondary N) is 1. The van der Waals surface area contributed by atoms with E-state index in [-0.39, 0.29) is 0 Å². The molecule has 0 radical (unpaired) electrons. The third-order valence-electron chi connectivity index (χ3n) is 1.43. The average molecular weight is 200 g/mol. The van der Waals surface area contributed by atoms with Crippen molar-refractivity contribution in [2.24, 2.45) is 0 Å². The molecule has 0 aliphatic carbocycles. The molecule has 0 spiro atoms. The second-order valence-corrected chi connectivity index (χ2v) is 2.48. The molecule has 0 aliphatic heterocycles. The van der Waals surface area contributed by atoms with Gasteiger partial charge in [0.2, 0.25) is 0 Å². The molecule has 0 unspecified atom stereocenters. The monoisotopic (exact) mass is 200 g/mol. The zero-order valence-corrected chi connectivity index (χ0v) is 7.98. The lowest BCUT2D eigenvalue weighted by Gasteiger charge is -2.13. The van der Waals surface area contributed by atoms with Crippen LogP contribution >= 0.6 is 0 Å². The van der Waals surface area contributed by atoms with Crippen LogP contribution in [0.1, 0.15) is 6.92 Å². The summed E-state index contributed by atoms with van der Waals surface area (Å²) in [5.74, 6) is -1.99. The van der Waals surface area contributed by atoms with E-state index in [1.807, 2.05) is 5.32 Å². The zero-order valence-electron chi connectivity index (χ0n) is 7.98. The van der Waals surface area contributed by atoms with Gasteiger partial charge in [-0.15, -0.1) is 0 Å². The number of hydrogen-bond donors (Lipinski definition) is 2. The van der Waals surface area contributed by atoms with Crippen LogP contribution in [0.5, 0.6) is 0 Å². The van der Waals surface area contributed by atoms with Gasteiger partial charge in [0.25, 0.3) is 5.91 Å². The topological polar surface area (TPSA) is 86.7 Å². The zero-order chi connectivity index (χ0) is 11.1. The molecule has 0 fully saturated rings. The largest absolute Gasteiger partial charge is 0.478 e. The summed E-state index contributed by atoms with van der Waals surface area (Å²) in [6.07, 6.45) is 1.44. The highest BCUT2D eigenvalue weighted by molar-refractivity contribution is 6.02. The minimum atomic E-state index is -1.24. The first-order valence-corrected chi connectivity index (χ1v) is 3.94. The van der Waals surface area contributed by atoms with Crippen molar-refractivity contribution in [3.63, 3.8) is 0 Å². The molecule has 0 aromatic carbocycles. The van der Waals surface area contributed by atoms with Crippen LogP contribution in [0, 0.1) is 0 Å². The van der Waals surface area contributed by atoms with Gasteiger partial charge in [0, 0.05) is 25.7 Å². The van der Waals surface area contributed by atoms with Crippen molar-refractivity contribution in [2.45, 2.75) is 6.92 Å². The maximum absolute atomic E-state index is 11.0. The fraction of sp³-hybridized carbons (Fsp3) is 0.375. The Morgan fingerprint density at radius 1 is 1.36 bits per heavy atom. The Balaban J connectivity index is 4.07. The number of carboxylic acid groups (broad SMARTS) is 1. The summed E-state index contributed by atoms with van der Waals surface area (Å²) in [5.41, 5.74) is 0. The highest BCUT2D eigenvalue weighted by atomic mass is 16.4. The molecule has 0 saturated carbocycles. The lowest BCUT2D eigenvalue weighted by Crippen LogP contribution is -2.39. The van der Waals surface area contributed by atoms with Gasteiger partial charge in [-0.2, -0.15) is 0 Å². The number of carbonyl (C=O) groups is 3. The van der Waals surface area contributed by atoms with Gasteiger partial charge in [-0.25, -0.2) is 9.59 Å². The fourth-order valence-corrected chi connectivity index (χ4v) is 0.533. The molecular formula is C8H12N2O4. The van der Waals surface area contributed by atoms with E-state index in [4.69, 9.17) is 5.11 Å². The highest BCUT2D eigenvalue weighted by Crippen LogP contribution is 1.83. The van der Waals surface area contributed by atoms with Gasteiger partial charge in [-0.05, 0) is 6.92 Å². The number of amides is 3. The number of carboxylic acids is 1. The van der Waals surface area contributed by atoms with Crippen LogP contribution < -0.4 is 5.32 Å². The van der Waals surface area contributed by atoms with Crippen molar-refractivity contribution in [3.05, 3.63) is 12.2 Å². The maximum Gasteiger partial charge on any atom is 0.328 e. The van der Waals surface area contributed by atoms with E-state index < -0.39 is 17.9 Å². The van der Waals surface area contributed by atoms with Crippen LogP contribution in [-0.2, 0) is 9.59 Å². The van der Waals surface area contributed by atoms with Gasteiger partial charge in [0.1, 0.15) is 0 Å². The summed E-state index contributed by atoms with van der Waals surface area (Å²) < 4.78 is 0. The Kier molecular flexibility index (Phi) is 4.98. The van der Waals surface area contributed by atoms with Crippen molar-refractivity contribution in [3.8, 4) is 0 Å². The molecule has 6 heteroatoms. The number of imide groups is 1. The minimum absolute atomic E-state index is 0.460. The molecule has 0 heterocycles. The third-order valence-corrected chi connectivity index (χ3v) is 1.43. The van der Waals surface area contributed by atoms with E-state index in [1.54, 1.807) is 6.92 Å². The predicted octanol–water partition coefficient (Wildman–Crippen LogP) is -0.185. The molecule has 3 amide bonds. The summed E-state index contributed by atoms with van der Waals surface area (Å²) in [4.78, 5) is 33.2. The first-order chi connectivity index (χ1) is 6.47. The Hall–Kier alpha value is -1.85.